The number of nitrogens with zero attached hydrogens (tertiary/aromatic N) is 1. The van der Waals surface area contributed by atoms with Crippen LogP contribution in [0.15, 0.2) is 18.2 Å². The number of alkyl halides is 1. The van der Waals surface area contributed by atoms with Crippen molar-refractivity contribution in [1.29, 1.82) is 5.26 Å². The first-order valence-corrected chi connectivity index (χ1v) is 6.73. The summed E-state index contributed by atoms with van der Waals surface area (Å²) in [6, 6.07) is 7.17. The van der Waals surface area contributed by atoms with Crippen LogP contribution in [0.4, 0.5) is 0 Å². The molecule has 1 aromatic carbocycles. The van der Waals surface area contributed by atoms with Gasteiger partial charge >= 0.3 is 0 Å². The molecule has 0 amide bonds. The van der Waals surface area contributed by atoms with Crippen molar-refractivity contribution in [2.45, 2.75) is 31.0 Å². The Morgan fingerprint density at radius 1 is 1.59 bits per heavy atom. The number of halogens is 2. The van der Waals surface area contributed by atoms with Crippen molar-refractivity contribution in [1.82, 2.24) is 0 Å². The summed E-state index contributed by atoms with van der Waals surface area (Å²) in [5.41, 5.74) is 1.42. The predicted octanol–water partition coefficient (Wildman–Crippen LogP) is 3.89. The Hall–Kier alpha value is -0.850. The largest absolute Gasteiger partial charge is 0.298 e. The van der Waals surface area contributed by atoms with Gasteiger partial charge in [0.2, 0.25) is 0 Å². The van der Waals surface area contributed by atoms with E-state index in [0.29, 0.717) is 23.4 Å². The lowest BCUT2D eigenvalue weighted by Crippen LogP contribution is -2.16. The molecule has 1 aromatic rings. The van der Waals surface area contributed by atoms with E-state index >= 15 is 0 Å². The molecule has 0 aliphatic carbocycles. The first-order chi connectivity index (χ1) is 8.08. The first kappa shape index (κ1) is 14.2. The van der Waals surface area contributed by atoms with Crippen molar-refractivity contribution < 1.29 is 4.79 Å². The van der Waals surface area contributed by atoms with Crippen molar-refractivity contribution in [2.75, 3.05) is 0 Å². The summed E-state index contributed by atoms with van der Waals surface area (Å²) in [4.78, 5) is 11.4. The Balaban J connectivity index is 2.75. The maximum atomic E-state index is 11.6. The maximum absolute atomic E-state index is 11.6. The average molecular weight is 315 g/mol. The van der Waals surface area contributed by atoms with Crippen LogP contribution < -0.4 is 0 Å². The average Bonchev–Trinajstić information content (AvgIpc) is 2.31. The van der Waals surface area contributed by atoms with E-state index in [9.17, 15) is 4.79 Å². The zero-order chi connectivity index (χ0) is 12.8. The topological polar surface area (TPSA) is 40.9 Å². The lowest BCUT2D eigenvalue weighted by molar-refractivity contribution is -0.118. The van der Waals surface area contributed by atoms with Gasteiger partial charge in [0.05, 0.1) is 16.5 Å². The first-order valence-electron chi connectivity index (χ1n) is 5.43. The van der Waals surface area contributed by atoms with Crippen molar-refractivity contribution >= 4 is 33.3 Å². The predicted molar refractivity (Wildman–Crippen MR) is 72.5 cm³/mol. The fourth-order valence-electron chi connectivity index (χ4n) is 1.49. The van der Waals surface area contributed by atoms with Crippen molar-refractivity contribution in [2.24, 2.45) is 0 Å². The Bertz CT molecular complexity index is 453. The lowest BCUT2D eigenvalue weighted by atomic mass is 10.0. The summed E-state index contributed by atoms with van der Waals surface area (Å²) >= 11 is 9.43. The van der Waals surface area contributed by atoms with Gasteiger partial charge in [-0.2, -0.15) is 5.26 Å². The minimum absolute atomic E-state index is 0.188. The number of ketones is 1. The number of nitriles is 1. The molecule has 0 saturated heterocycles. The minimum Gasteiger partial charge on any atom is -0.298 e. The summed E-state index contributed by atoms with van der Waals surface area (Å²) in [6.45, 7) is 1.98. The minimum atomic E-state index is -0.201. The molecule has 0 fully saturated rings. The SMILES string of the molecule is CCCC(=O)C(Br)Cc1ccc(C#N)cc1Cl. The number of carbonyl (C=O) groups is 1. The van der Waals surface area contributed by atoms with Crippen LogP contribution >= 0.6 is 27.5 Å². The van der Waals surface area contributed by atoms with Crippen LogP contribution in [0, 0.1) is 11.3 Å². The van der Waals surface area contributed by atoms with E-state index in [4.69, 9.17) is 16.9 Å². The molecule has 0 saturated carbocycles. The van der Waals surface area contributed by atoms with Crippen LogP contribution in [0.1, 0.15) is 30.9 Å². The van der Waals surface area contributed by atoms with Crippen molar-refractivity contribution in [3.63, 3.8) is 0 Å². The molecule has 0 radical (unpaired) electrons. The summed E-state index contributed by atoms with van der Waals surface area (Å²) < 4.78 is 0. The van der Waals surface area contributed by atoms with Gasteiger partial charge in [-0.1, -0.05) is 40.5 Å². The number of benzene rings is 1. The van der Waals surface area contributed by atoms with E-state index in [1.54, 1.807) is 18.2 Å². The van der Waals surface area contributed by atoms with E-state index in [1.165, 1.54) is 0 Å². The standard InChI is InChI=1S/C13H13BrClNO/c1-2-3-13(17)11(14)7-10-5-4-9(8-16)6-12(10)15/h4-6,11H,2-3,7H2,1H3. The number of rotatable bonds is 5. The summed E-state index contributed by atoms with van der Waals surface area (Å²) in [5.74, 6) is 0.188. The fourth-order valence-corrected chi connectivity index (χ4v) is 2.33. The van der Waals surface area contributed by atoms with E-state index in [0.717, 1.165) is 12.0 Å². The second-order valence-electron chi connectivity index (χ2n) is 3.81. The fraction of sp³-hybridized carbons (Fsp3) is 0.385. The van der Waals surface area contributed by atoms with Gasteiger partial charge in [-0.25, -0.2) is 0 Å². The van der Waals surface area contributed by atoms with Gasteiger partial charge in [-0.3, -0.25) is 4.79 Å². The Morgan fingerprint density at radius 3 is 2.82 bits per heavy atom. The van der Waals surface area contributed by atoms with E-state index in [1.807, 2.05) is 13.0 Å². The van der Waals surface area contributed by atoms with Crippen LogP contribution in [0.2, 0.25) is 5.02 Å². The quantitative estimate of drug-likeness (QED) is 0.774. The molecule has 2 nitrogen and oxygen atoms in total. The molecule has 0 aromatic heterocycles. The van der Waals surface area contributed by atoms with E-state index in [-0.39, 0.29) is 10.6 Å². The second-order valence-corrected chi connectivity index (χ2v) is 5.32. The van der Waals surface area contributed by atoms with Crippen LogP contribution in [-0.4, -0.2) is 10.6 Å². The smallest absolute Gasteiger partial charge is 0.146 e. The second kappa shape index (κ2) is 6.78. The maximum Gasteiger partial charge on any atom is 0.146 e. The van der Waals surface area contributed by atoms with Crippen LogP contribution in [0.3, 0.4) is 0 Å². The molecule has 0 N–H and O–H groups in total. The molecule has 1 unspecified atom stereocenters. The third kappa shape index (κ3) is 4.14. The highest BCUT2D eigenvalue weighted by Gasteiger charge is 2.15. The molecule has 0 bridgehead atoms. The normalized spacial score (nSPS) is 11.9. The van der Waals surface area contributed by atoms with Crippen LogP contribution in [-0.2, 0) is 11.2 Å². The van der Waals surface area contributed by atoms with Crippen LogP contribution in [0.25, 0.3) is 0 Å². The van der Waals surface area contributed by atoms with Gasteiger partial charge in [0.15, 0.2) is 0 Å². The van der Waals surface area contributed by atoms with Gasteiger partial charge in [0, 0.05) is 11.4 Å². The molecule has 0 aliphatic rings. The molecule has 90 valence electrons. The summed E-state index contributed by atoms with van der Waals surface area (Å²) in [6.07, 6.45) is 1.98. The van der Waals surface area contributed by atoms with Gasteiger partial charge in [-0.15, -0.1) is 0 Å². The lowest BCUT2D eigenvalue weighted by Gasteiger charge is -2.09. The number of carbonyl (C=O) groups excluding carboxylic acids is 1. The van der Waals surface area contributed by atoms with Crippen molar-refractivity contribution in [3.05, 3.63) is 34.3 Å². The summed E-state index contributed by atoms with van der Waals surface area (Å²) in [5, 5.41) is 9.26. The highest BCUT2D eigenvalue weighted by Crippen LogP contribution is 2.22. The Labute approximate surface area is 115 Å². The molecule has 4 heteroatoms. The Morgan fingerprint density at radius 2 is 2.29 bits per heavy atom. The molecule has 17 heavy (non-hydrogen) atoms. The van der Waals surface area contributed by atoms with Gasteiger partial charge < -0.3 is 0 Å². The van der Waals surface area contributed by atoms with Gasteiger partial charge in [0.25, 0.3) is 0 Å². The number of hydrogen-bond acceptors (Lipinski definition) is 2. The molecule has 0 aliphatic heterocycles. The Kier molecular flexibility index (Phi) is 5.67. The third-order valence-electron chi connectivity index (χ3n) is 2.43. The zero-order valence-corrected chi connectivity index (χ0v) is 11.9. The molecule has 0 spiro atoms. The third-order valence-corrected chi connectivity index (χ3v) is 3.61. The zero-order valence-electron chi connectivity index (χ0n) is 9.54. The number of hydrogen-bond donors (Lipinski definition) is 0. The van der Waals surface area contributed by atoms with Crippen molar-refractivity contribution in [3.8, 4) is 6.07 Å². The van der Waals surface area contributed by atoms with E-state index in [2.05, 4.69) is 15.9 Å². The van der Waals surface area contributed by atoms with Gasteiger partial charge in [-0.05, 0) is 30.5 Å². The molecule has 1 atom stereocenters. The molecule has 1 rings (SSSR count). The highest BCUT2D eigenvalue weighted by molar-refractivity contribution is 9.10. The highest BCUT2D eigenvalue weighted by atomic mass is 79.9. The van der Waals surface area contributed by atoms with Crippen LogP contribution in [0.5, 0.6) is 0 Å². The monoisotopic (exact) mass is 313 g/mol. The number of Topliss-reactive ketones (excluding diaryl/α,β-unsaturated/α-hetero) is 1. The molecular weight excluding hydrogens is 302 g/mol. The molecule has 0 heterocycles. The van der Waals surface area contributed by atoms with E-state index < -0.39 is 0 Å². The molecular formula is C13H13BrClNO. The summed E-state index contributed by atoms with van der Waals surface area (Å²) in [7, 11) is 0. The van der Waals surface area contributed by atoms with Gasteiger partial charge in [0.1, 0.15) is 5.78 Å².